The fraction of sp³-hybridized carbons (Fsp3) is 0.133. The van der Waals surface area contributed by atoms with Crippen LogP contribution in [0.2, 0.25) is 0 Å². The highest BCUT2D eigenvalue weighted by Crippen LogP contribution is 2.31. The van der Waals surface area contributed by atoms with E-state index in [4.69, 9.17) is 0 Å². The molecular formula is C15H12BrNS. The Labute approximate surface area is 119 Å². The topological polar surface area (TPSA) is 12.9 Å². The van der Waals surface area contributed by atoms with Gasteiger partial charge in [-0.1, -0.05) is 64.5 Å². The summed E-state index contributed by atoms with van der Waals surface area (Å²) in [5, 5.41) is 1.28. The summed E-state index contributed by atoms with van der Waals surface area (Å²) in [6.45, 7) is 0. The molecule has 0 aliphatic heterocycles. The second-order valence-electron chi connectivity index (χ2n) is 4.21. The number of nitrogens with zero attached hydrogens (tertiary/aromatic N) is 1. The van der Waals surface area contributed by atoms with Crippen molar-refractivity contribution < 1.29 is 0 Å². The Balaban J connectivity index is 1.89. The number of alkyl halides is 1. The summed E-state index contributed by atoms with van der Waals surface area (Å²) in [5.74, 6) is 0. The Hall–Kier alpha value is -1.19. The number of hydrogen-bond donors (Lipinski definition) is 0. The third-order valence-electron chi connectivity index (χ3n) is 2.98. The van der Waals surface area contributed by atoms with Gasteiger partial charge in [-0.2, -0.15) is 4.37 Å². The molecule has 1 heterocycles. The van der Waals surface area contributed by atoms with E-state index in [-0.39, 0.29) is 0 Å². The molecule has 18 heavy (non-hydrogen) atoms. The lowest BCUT2D eigenvalue weighted by atomic mass is 10.1. The highest BCUT2D eigenvalue weighted by atomic mass is 79.9. The van der Waals surface area contributed by atoms with Gasteiger partial charge in [0, 0.05) is 21.5 Å². The van der Waals surface area contributed by atoms with Crippen LogP contribution in [-0.2, 0) is 6.42 Å². The molecule has 0 amide bonds. The third kappa shape index (κ3) is 2.33. The fourth-order valence-corrected chi connectivity index (χ4v) is 3.76. The normalized spacial score (nSPS) is 12.7. The van der Waals surface area contributed by atoms with Gasteiger partial charge in [-0.3, -0.25) is 0 Å². The van der Waals surface area contributed by atoms with E-state index in [0.29, 0.717) is 4.83 Å². The van der Waals surface area contributed by atoms with Gasteiger partial charge in [-0.25, -0.2) is 0 Å². The van der Waals surface area contributed by atoms with Crippen molar-refractivity contribution >= 4 is 38.4 Å². The average Bonchev–Trinajstić information content (AvgIpc) is 2.83. The van der Waals surface area contributed by atoms with Gasteiger partial charge in [-0.05, 0) is 23.2 Å². The van der Waals surface area contributed by atoms with Crippen LogP contribution in [0.15, 0.2) is 54.6 Å². The molecule has 2 aromatic carbocycles. The van der Waals surface area contributed by atoms with Gasteiger partial charge >= 0.3 is 0 Å². The van der Waals surface area contributed by atoms with E-state index in [0.717, 1.165) is 11.9 Å². The zero-order valence-corrected chi connectivity index (χ0v) is 12.1. The molecule has 1 unspecified atom stereocenters. The quantitative estimate of drug-likeness (QED) is 0.621. The Bertz CT molecular complexity index is 648. The van der Waals surface area contributed by atoms with Crippen LogP contribution in [0, 0.1) is 0 Å². The van der Waals surface area contributed by atoms with Gasteiger partial charge in [0.2, 0.25) is 0 Å². The number of fused-ring (bicyclic) bond motifs is 1. The Morgan fingerprint density at radius 2 is 1.72 bits per heavy atom. The first-order valence-corrected chi connectivity index (χ1v) is 7.56. The first-order chi connectivity index (χ1) is 8.84. The van der Waals surface area contributed by atoms with Crippen molar-refractivity contribution in [2.45, 2.75) is 11.2 Å². The number of rotatable bonds is 3. The van der Waals surface area contributed by atoms with Crippen molar-refractivity contribution in [2.24, 2.45) is 0 Å². The molecule has 1 aromatic heterocycles. The van der Waals surface area contributed by atoms with Crippen LogP contribution in [0.1, 0.15) is 15.3 Å². The number of benzene rings is 2. The standard InChI is InChI=1S/C15H12BrNS/c16-13(11-6-2-1-3-7-11)10-15-12-8-4-5-9-14(12)17-18-15/h1-9,13H,10H2. The van der Waals surface area contributed by atoms with Crippen LogP contribution >= 0.6 is 27.5 Å². The molecule has 0 aliphatic rings. The molecule has 3 heteroatoms. The zero-order valence-electron chi connectivity index (χ0n) is 9.71. The highest BCUT2D eigenvalue weighted by Gasteiger charge is 2.12. The maximum Gasteiger partial charge on any atom is 0.0843 e. The smallest absolute Gasteiger partial charge is 0.0843 e. The van der Waals surface area contributed by atoms with Crippen molar-refractivity contribution in [3.05, 3.63) is 65.0 Å². The van der Waals surface area contributed by atoms with Crippen LogP contribution in [0.25, 0.3) is 10.9 Å². The second-order valence-corrected chi connectivity index (χ2v) is 6.17. The van der Waals surface area contributed by atoms with Crippen LogP contribution < -0.4 is 0 Å². The predicted octanol–water partition coefficient (Wildman–Crippen LogP) is 4.98. The van der Waals surface area contributed by atoms with Gasteiger partial charge < -0.3 is 0 Å². The van der Waals surface area contributed by atoms with Crippen molar-refractivity contribution in [3.63, 3.8) is 0 Å². The van der Waals surface area contributed by atoms with Gasteiger partial charge in [0.1, 0.15) is 0 Å². The summed E-state index contributed by atoms with van der Waals surface area (Å²) in [6.07, 6.45) is 0.981. The average molecular weight is 318 g/mol. The molecule has 3 aromatic rings. The minimum absolute atomic E-state index is 0.350. The van der Waals surface area contributed by atoms with E-state index in [1.165, 1.54) is 15.8 Å². The highest BCUT2D eigenvalue weighted by molar-refractivity contribution is 9.09. The summed E-state index contributed by atoms with van der Waals surface area (Å²) < 4.78 is 4.49. The van der Waals surface area contributed by atoms with E-state index >= 15 is 0 Å². The maximum atomic E-state index is 4.49. The van der Waals surface area contributed by atoms with Crippen molar-refractivity contribution in [3.8, 4) is 0 Å². The number of aromatic nitrogens is 1. The Morgan fingerprint density at radius 3 is 2.56 bits per heavy atom. The minimum atomic E-state index is 0.350. The van der Waals surface area contributed by atoms with Gasteiger partial charge in [0.15, 0.2) is 0 Å². The number of halogens is 1. The van der Waals surface area contributed by atoms with Crippen LogP contribution in [0.4, 0.5) is 0 Å². The van der Waals surface area contributed by atoms with Crippen molar-refractivity contribution in [1.82, 2.24) is 4.37 Å². The SMILES string of the molecule is BrC(Cc1snc2ccccc12)c1ccccc1. The summed E-state index contributed by atoms with van der Waals surface area (Å²) in [7, 11) is 0. The van der Waals surface area contributed by atoms with Crippen LogP contribution in [0.3, 0.4) is 0 Å². The minimum Gasteiger partial charge on any atom is -0.192 e. The Morgan fingerprint density at radius 1 is 1.00 bits per heavy atom. The Kier molecular flexibility index (Phi) is 3.43. The van der Waals surface area contributed by atoms with Crippen LogP contribution in [0.5, 0.6) is 0 Å². The molecular weight excluding hydrogens is 306 g/mol. The molecule has 1 atom stereocenters. The van der Waals surface area contributed by atoms with E-state index in [1.54, 1.807) is 11.5 Å². The molecule has 0 radical (unpaired) electrons. The zero-order chi connectivity index (χ0) is 12.4. The third-order valence-corrected chi connectivity index (χ3v) is 4.73. The molecule has 0 saturated heterocycles. The summed E-state index contributed by atoms with van der Waals surface area (Å²) >= 11 is 5.38. The molecule has 0 aliphatic carbocycles. The molecule has 3 rings (SSSR count). The lowest BCUT2D eigenvalue weighted by Gasteiger charge is -2.08. The lowest BCUT2D eigenvalue weighted by Crippen LogP contribution is -1.93. The first-order valence-electron chi connectivity index (χ1n) is 5.87. The monoisotopic (exact) mass is 317 g/mol. The van der Waals surface area contributed by atoms with Crippen molar-refractivity contribution in [1.29, 1.82) is 0 Å². The second kappa shape index (κ2) is 5.21. The molecule has 1 nitrogen and oxygen atoms in total. The molecule has 0 bridgehead atoms. The lowest BCUT2D eigenvalue weighted by molar-refractivity contribution is 0.975. The van der Waals surface area contributed by atoms with E-state index in [2.05, 4.69) is 62.8 Å². The predicted molar refractivity (Wildman–Crippen MR) is 81.4 cm³/mol. The maximum absolute atomic E-state index is 4.49. The van der Waals surface area contributed by atoms with Gasteiger partial charge in [-0.15, -0.1) is 0 Å². The summed E-state index contributed by atoms with van der Waals surface area (Å²) in [6, 6.07) is 18.8. The fourth-order valence-electron chi connectivity index (χ4n) is 2.03. The van der Waals surface area contributed by atoms with E-state index in [9.17, 15) is 0 Å². The summed E-state index contributed by atoms with van der Waals surface area (Å²) in [5.41, 5.74) is 2.42. The molecule has 0 fully saturated rings. The van der Waals surface area contributed by atoms with Gasteiger partial charge in [0.25, 0.3) is 0 Å². The molecule has 90 valence electrons. The first kappa shape index (κ1) is 11.9. The summed E-state index contributed by atoms with van der Waals surface area (Å²) in [4.78, 5) is 1.69. The van der Waals surface area contributed by atoms with Crippen molar-refractivity contribution in [2.75, 3.05) is 0 Å². The molecule has 0 N–H and O–H groups in total. The van der Waals surface area contributed by atoms with E-state index < -0.39 is 0 Å². The largest absolute Gasteiger partial charge is 0.192 e. The van der Waals surface area contributed by atoms with E-state index in [1.807, 2.05) is 12.1 Å². The molecule has 0 spiro atoms. The number of hydrogen-bond acceptors (Lipinski definition) is 2. The van der Waals surface area contributed by atoms with Crippen LogP contribution in [-0.4, -0.2) is 4.37 Å². The molecule has 0 saturated carbocycles. The van der Waals surface area contributed by atoms with Gasteiger partial charge in [0.05, 0.1) is 5.52 Å².